The molecule has 0 aromatic carbocycles. The Hall–Kier alpha value is -0.430. The summed E-state index contributed by atoms with van der Waals surface area (Å²) in [6, 6.07) is 1.62. The molecule has 0 saturated heterocycles. The quantitative estimate of drug-likeness (QED) is 0.355. The van der Waals surface area contributed by atoms with Gasteiger partial charge in [-0.3, -0.25) is 0 Å². The largest absolute Gasteiger partial charge is 0.332 e. The molecule has 1 heterocycles. The second-order valence-electron chi connectivity index (χ2n) is 1.66. The van der Waals surface area contributed by atoms with Gasteiger partial charge in [-0.2, -0.15) is 9.28 Å². The number of aromatic nitrogens is 1. The third-order valence-corrected chi connectivity index (χ3v) is 1.83. The second-order valence-corrected chi connectivity index (χ2v) is 2.82. The molecule has 0 amide bonds. The van der Waals surface area contributed by atoms with Crippen molar-refractivity contribution in [3.8, 4) is 5.75 Å². The van der Waals surface area contributed by atoms with Crippen LogP contribution < -0.4 is 4.89 Å². The summed E-state index contributed by atoms with van der Waals surface area (Å²) >= 11 is 1.92. The van der Waals surface area contributed by atoms with E-state index in [0.29, 0.717) is 3.57 Å². The molecule has 0 bridgehead atoms. The molecule has 0 fully saturated rings. The molecule has 0 aliphatic carbocycles. The molecule has 0 aliphatic heterocycles. The topological polar surface area (TPSA) is 31.4 Å². The summed E-state index contributed by atoms with van der Waals surface area (Å²) in [5.74, 6) is -0.644. The second kappa shape index (κ2) is 3.82. The van der Waals surface area contributed by atoms with Gasteiger partial charge in [0.25, 0.3) is 5.95 Å². The van der Waals surface area contributed by atoms with Crippen molar-refractivity contribution in [1.29, 1.82) is 0 Å². The van der Waals surface area contributed by atoms with E-state index in [-0.39, 0.29) is 5.75 Å². The molecule has 0 N–H and O–H groups in total. The summed E-state index contributed by atoms with van der Waals surface area (Å²) in [5.41, 5.74) is 0. The van der Waals surface area contributed by atoms with Crippen LogP contribution in [-0.4, -0.2) is 12.1 Å². The Balaban J connectivity index is 3.00. The van der Waals surface area contributed by atoms with Gasteiger partial charge in [0.1, 0.15) is 0 Å². The first-order chi connectivity index (χ1) is 5.25. The molecule has 0 atom stereocenters. The van der Waals surface area contributed by atoms with E-state index in [1.165, 1.54) is 13.3 Å². The van der Waals surface area contributed by atoms with Crippen LogP contribution >= 0.6 is 22.6 Å². The molecule has 0 unspecified atom stereocenters. The van der Waals surface area contributed by atoms with Gasteiger partial charge in [-0.1, -0.05) is 0 Å². The lowest BCUT2D eigenvalue weighted by Gasteiger charge is -2.02. The molecule has 0 aliphatic rings. The van der Waals surface area contributed by atoms with Crippen LogP contribution in [0.5, 0.6) is 5.75 Å². The maximum absolute atomic E-state index is 12.7. The van der Waals surface area contributed by atoms with Gasteiger partial charge in [-0.25, -0.2) is 4.98 Å². The molecule has 3 nitrogen and oxygen atoms in total. The minimum absolute atomic E-state index is 0.0237. The van der Waals surface area contributed by atoms with E-state index in [0.717, 1.165) is 0 Å². The van der Waals surface area contributed by atoms with Crippen LogP contribution in [-0.2, 0) is 4.89 Å². The highest BCUT2D eigenvalue weighted by molar-refractivity contribution is 14.1. The zero-order valence-corrected chi connectivity index (χ0v) is 7.83. The van der Waals surface area contributed by atoms with Crippen LogP contribution in [0.3, 0.4) is 0 Å². The van der Waals surface area contributed by atoms with Crippen molar-refractivity contribution >= 4 is 22.6 Å². The number of nitrogens with zero attached hydrogens (tertiary/aromatic N) is 1. The Labute approximate surface area is 76.6 Å². The van der Waals surface area contributed by atoms with Crippen LogP contribution in [0.4, 0.5) is 4.39 Å². The van der Waals surface area contributed by atoms with Gasteiger partial charge < -0.3 is 4.89 Å². The van der Waals surface area contributed by atoms with Crippen molar-refractivity contribution in [1.82, 2.24) is 4.98 Å². The van der Waals surface area contributed by atoms with E-state index >= 15 is 0 Å². The third-order valence-electron chi connectivity index (χ3n) is 0.980. The normalized spacial score (nSPS) is 9.73. The van der Waals surface area contributed by atoms with Crippen molar-refractivity contribution in [2.75, 3.05) is 7.11 Å². The standard InChI is InChI=1S/C6H5FINO2/c1-10-11-5-4(8)2-3-9-6(5)7/h2-3H,1H3. The van der Waals surface area contributed by atoms with Gasteiger partial charge in [0.05, 0.1) is 10.7 Å². The first-order valence-electron chi connectivity index (χ1n) is 2.76. The SMILES string of the molecule is COOc1c(I)ccnc1F. The fourth-order valence-electron chi connectivity index (χ4n) is 0.559. The monoisotopic (exact) mass is 269 g/mol. The number of pyridine rings is 1. The van der Waals surface area contributed by atoms with Crippen molar-refractivity contribution in [3.05, 3.63) is 21.8 Å². The molecule has 1 rings (SSSR count). The summed E-state index contributed by atoms with van der Waals surface area (Å²) < 4.78 is 13.3. The van der Waals surface area contributed by atoms with Crippen LogP contribution in [0.15, 0.2) is 12.3 Å². The Bertz CT molecular complexity index is 236. The predicted molar refractivity (Wildman–Crippen MR) is 44.5 cm³/mol. The molecule has 11 heavy (non-hydrogen) atoms. The van der Waals surface area contributed by atoms with E-state index in [1.54, 1.807) is 6.07 Å². The zero-order chi connectivity index (χ0) is 8.27. The molecule has 0 saturated carbocycles. The van der Waals surface area contributed by atoms with Crippen molar-refractivity contribution in [2.45, 2.75) is 0 Å². The number of hydrogen-bond donors (Lipinski definition) is 0. The maximum atomic E-state index is 12.7. The van der Waals surface area contributed by atoms with Gasteiger partial charge in [-0.05, 0) is 28.7 Å². The van der Waals surface area contributed by atoms with Crippen LogP contribution in [0.25, 0.3) is 0 Å². The Kier molecular flexibility index (Phi) is 3.01. The number of hydrogen-bond acceptors (Lipinski definition) is 3. The summed E-state index contributed by atoms with van der Waals surface area (Å²) in [5, 5.41) is 0. The predicted octanol–water partition coefficient (Wildman–Crippen LogP) is 1.77. The molecular weight excluding hydrogens is 264 g/mol. The zero-order valence-electron chi connectivity index (χ0n) is 5.67. The van der Waals surface area contributed by atoms with E-state index < -0.39 is 5.95 Å². The third kappa shape index (κ3) is 2.00. The first-order valence-corrected chi connectivity index (χ1v) is 3.84. The minimum Gasteiger partial charge on any atom is -0.332 e. The van der Waals surface area contributed by atoms with E-state index in [1.807, 2.05) is 22.6 Å². The van der Waals surface area contributed by atoms with Crippen LogP contribution in [0.2, 0.25) is 0 Å². The molecule has 5 heteroatoms. The van der Waals surface area contributed by atoms with Gasteiger partial charge in [0, 0.05) is 6.20 Å². The minimum atomic E-state index is -0.668. The number of halogens is 2. The Morgan fingerprint density at radius 2 is 2.36 bits per heavy atom. The Morgan fingerprint density at radius 3 is 2.91 bits per heavy atom. The summed E-state index contributed by atoms with van der Waals surface area (Å²) in [7, 11) is 1.31. The first kappa shape index (κ1) is 8.66. The lowest BCUT2D eigenvalue weighted by atomic mass is 10.5. The summed E-state index contributed by atoms with van der Waals surface area (Å²) in [6.45, 7) is 0. The molecule has 1 aromatic heterocycles. The summed E-state index contributed by atoms with van der Waals surface area (Å²) in [4.78, 5) is 12.2. The number of rotatable bonds is 2. The molecule has 0 spiro atoms. The lowest BCUT2D eigenvalue weighted by molar-refractivity contribution is -0.181. The maximum Gasteiger partial charge on any atom is 0.260 e. The van der Waals surface area contributed by atoms with E-state index in [9.17, 15) is 4.39 Å². The van der Waals surface area contributed by atoms with Gasteiger partial charge in [-0.15, -0.1) is 0 Å². The average Bonchev–Trinajstić information content (AvgIpc) is 1.97. The van der Waals surface area contributed by atoms with Crippen molar-refractivity contribution in [3.63, 3.8) is 0 Å². The van der Waals surface area contributed by atoms with Gasteiger partial charge in [0.15, 0.2) is 0 Å². The van der Waals surface area contributed by atoms with Crippen LogP contribution in [0.1, 0.15) is 0 Å². The average molecular weight is 269 g/mol. The highest BCUT2D eigenvalue weighted by Crippen LogP contribution is 2.21. The van der Waals surface area contributed by atoms with E-state index in [2.05, 4.69) is 14.8 Å². The summed E-state index contributed by atoms with van der Waals surface area (Å²) in [6.07, 6.45) is 1.36. The molecule has 60 valence electrons. The highest BCUT2D eigenvalue weighted by Gasteiger charge is 2.08. The molecule has 0 radical (unpaired) electrons. The Morgan fingerprint density at radius 1 is 1.64 bits per heavy atom. The molecular formula is C6H5FINO2. The molecule has 1 aromatic rings. The van der Waals surface area contributed by atoms with E-state index in [4.69, 9.17) is 0 Å². The highest BCUT2D eigenvalue weighted by atomic mass is 127. The van der Waals surface area contributed by atoms with Crippen LogP contribution in [0, 0.1) is 9.52 Å². The van der Waals surface area contributed by atoms with Gasteiger partial charge >= 0.3 is 0 Å². The fourth-order valence-corrected chi connectivity index (χ4v) is 1.03. The van der Waals surface area contributed by atoms with Gasteiger partial charge in [0.2, 0.25) is 5.75 Å². The lowest BCUT2D eigenvalue weighted by Crippen LogP contribution is -1.97. The van der Waals surface area contributed by atoms with Crippen molar-refractivity contribution < 1.29 is 14.2 Å². The van der Waals surface area contributed by atoms with Crippen molar-refractivity contribution in [2.24, 2.45) is 0 Å². The fraction of sp³-hybridized carbons (Fsp3) is 0.167. The smallest absolute Gasteiger partial charge is 0.260 e.